The van der Waals surface area contributed by atoms with Crippen LogP contribution in [-0.2, 0) is 0 Å². The summed E-state index contributed by atoms with van der Waals surface area (Å²) in [6, 6.07) is 9.72. The smallest absolute Gasteiger partial charge is 0.392 e. The van der Waals surface area contributed by atoms with Gasteiger partial charge in [0.1, 0.15) is 11.3 Å². The number of halogens is 3. The van der Waals surface area contributed by atoms with Crippen molar-refractivity contribution in [1.82, 2.24) is 0 Å². The van der Waals surface area contributed by atoms with Gasteiger partial charge in [0.25, 0.3) is 0 Å². The van der Waals surface area contributed by atoms with E-state index >= 15 is 0 Å². The molecule has 0 aromatic heterocycles. The number of aromatic carboxylic acids is 1. The highest BCUT2D eigenvalue weighted by molar-refractivity contribution is 6.06. The molecule has 0 unspecified atom stereocenters. The summed E-state index contributed by atoms with van der Waals surface area (Å²) < 4.78 is 41.2. The van der Waals surface area contributed by atoms with Crippen LogP contribution < -0.4 is 4.74 Å². The van der Waals surface area contributed by atoms with Crippen molar-refractivity contribution in [2.75, 3.05) is 6.61 Å². The van der Waals surface area contributed by atoms with Gasteiger partial charge in [0.05, 0.1) is 13.0 Å². The fourth-order valence-corrected chi connectivity index (χ4v) is 1.87. The van der Waals surface area contributed by atoms with Gasteiger partial charge in [0.2, 0.25) is 0 Å². The highest BCUT2D eigenvalue weighted by atomic mass is 19.4. The number of rotatable bonds is 4. The molecule has 3 nitrogen and oxygen atoms in total. The van der Waals surface area contributed by atoms with Gasteiger partial charge >= 0.3 is 12.1 Å². The summed E-state index contributed by atoms with van der Waals surface area (Å²) in [7, 11) is 0. The maximum atomic E-state index is 12.1. The van der Waals surface area contributed by atoms with E-state index in [1.54, 1.807) is 30.3 Å². The molecule has 0 atom stereocenters. The number of fused-ring (bicyclic) bond motifs is 1. The lowest BCUT2D eigenvalue weighted by Gasteiger charge is -2.12. The summed E-state index contributed by atoms with van der Waals surface area (Å²) in [6.45, 7) is -0.609. The van der Waals surface area contributed by atoms with Crippen LogP contribution in [0.15, 0.2) is 36.4 Å². The Morgan fingerprint density at radius 3 is 2.50 bits per heavy atom. The number of ether oxygens (including phenoxy) is 1. The highest BCUT2D eigenvalue weighted by Gasteiger charge is 2.27. The number of hydrogen-bond acceptors (Lipinski definition) is 2. The van der Waals surface area contributed by atoms with Gasteiger partial charge in [-0.1, -0.05) is 30.3 Å². The van der Waals surface area contributed by atoms with E-state index in [0.717, 1.165) is 0 Å². The fraction of sp³-hybridized carbons (Fsp3) is 0.214. The first-order valence-corrected chi connectivity index (χ1v) is 5.83. The molecule has 0 heterocycles. The first-order valence-electron chi connectivity index (χ1n) is 5.83. The van der Waals surface area contributed by atoms with Crippen molar-refractivity contribution in [1.29, 1.82) is 0 Å². The van der Waals surface area contributed by atoms with E-state index in [4.69, 9.17) is 4.74 Å². The van der Waals surface area contributed by atoms with Crippen molar-refractivity contribution in [3.05, 3.63) is 42.0 Å². The molecule has 20 heavy (non-hydrogen) atoms. The lowest BCUT2D eigenvalue weighted by atomic mass is 10.0. The van der Waals surface area contributed by atoms with E-state index in [2.05, 4.69) is 0 Å². The molecule has 0 fully saturated rings. The molecule has 106 valence electrons. The van der Waals surface area contributed by atoms with Crippen molar-refractivity contribution in [3.8, 4) is 5.75 Å². The predicted molar refractivity (Wildman–Crippen MR) is 67.1 cm³/mol. The molecule has 2 aromatic carbocycles. The minimum Gasteiger partial charge on any atom is -0.492 e. The molecule has 0 radical (unpaired) electrons. The Balaban J connectivity index is 2.33. The first kappa shape index (κ1) is 14.2. The van der Waals surface area contributed by atoms with Crippen LogP contribution in [0.1, 0.15) is 16.8 Å². The summed E-state index contributed by atoms with van der Waals surface area (Å²) in [5.41, 5.74) is -0.120. The van der Waals surface area contributed by atoms with E-state index in [9.17, 15) is 23.1 Å². The zero-order valence-electron chi connectivity index (χ0n) is 10.3. The maximum absolute atomic E-state index is 12.1. The maximum Gasteiger partial charge on any atom is 0.392 e. The number of carbonyl (C=O) groups is 1. The van der Waals surface area contributed by atoms with Crippen molar-refractivity contribution >= 4 is 16.7 Å². The van der Waals surface area contributed by atoms with Gasteiger partial charge in [0, 0.05) is 0 Å². The number of carboxylic acid groups (broad SMARTS) is 1. The predicted octanol–water partition coefficient (Wildman–Crippen LogP) is 3.87. The molecule has 0 amide bonds. The second-order valence-corrected chi connectivity index (χ2v) is 4.18. The van der Waals surface area contributed by atoms with Gasteiger partial charge in [-0.25, -0.2) is 4.79 Å². The molecule has 0 bridgehead atoms. The second kappa shape index (κ2) is 5.40. The van der Waals surface area contributed by atoms with Crippen LogP contribution in [0, 0.1) is 0 Å². The van der Waals surface area contributed by atoms with Gasteiger partial charge in [-0.3, -0.25) is 0 Å². The summed E-state index contributed by atoms with van der Waals surface area (Å²) in [5.74, 6) is -1.29. The topological polar surface area (TPSA) is 46.5 Å². The highest BCUT2D eigenvalue weighted by Crippen LogP contribution is 2.29. The minimum absolute atomic E-state index is 0.0551. The largest absolute Gasteiger partial charge is 0.492 e. The average molecular weight is 284 g/mol. The van der Waals surface area contributed by atoms with Crippen LogP contribution in [0.4, 0.5) is 13.2 Å². The number of alkyl halides is 3. The zero-order chi connectivity index (χ0) is 14.8. The van der Waals surface area contributed by atoms with Crippen LogP contribution in [-0.4, -0.2) is 23.9 Å². The van der Waals surface area contributed by atoms with Crippen LogP contribution in [0.3, 0.4) is 0 Å². The number of benzene rings is 2. The third-order valence-electron chi connectivity index (χ3n) is 2.75. The summed E-state index contributed by atoms with van der Waals surface area (Å²) in [4.78, 5) is 11.3. The SMILES string of the molecule is O=C(O)c1c(OCCC(F)(F)F)ccc2ccccc12. The van der Waals surface area contributed by atoms with E-state index in [1.807, 2.05) is 0 Å². The summed E-state index contributed by atoms with van der Waals surface area (Å²) in [5, 5.41) is 10.3. The van der Waals surface area contributed by atoms with Gasteiger partial charge in [-0.05, 0) is 16.8 Å². The third kappa shape index (κ3) is 3.20. The lowest BCUT2D eigenvalue weighted by Crippen LogP contribution is -2.14. The van der Waals surface area contributed by atoms with E-state index < -0.39 is 25.2 Å². The van der Waals surface area contributed by atoms with Crippen molar-refractivity contribution in [2.24, 2.45) is 0 Å². The van der Waals surface area contributed by atoms with Crippen LogP contribution in [0.25, 0.3) is 10.8 Å². The minimum atomic E-state index is -4.33. The quantitative estimate of drug-likeness (QED) is 0.927. The molecule has 6 heteroatoms. The molecule has 2 aromatic rings. The van der Waals surface area contributed by atoms with E-state index in [1.165, 1.54) is 6.07 Å². The third-order valence-corrected chi connectivity index (χ3v) is 2.75. The standard InChI is InChI=1S/C14H11F3O3/c15-14(16,17)7-8-20-11-6-5-9-3-1-2-4-10(9)12(11)13(18)19/h1-6H,7-8H2,(H,18,19). The number of carboxylic acids is 1. The van der Waals surface area contributed by atoms with Crippen LogP contribution in [0.5, 0.6) is 5.75 Å². The molecule has 0 aliphatic carbocycles. The molecule has 0 aliphatic rings. The monoisotopic (exact) mass is 284 g/mol. The summed E-state index contributed by atoms with van der Waals surface area (Å²) >= 11 is 0. The van der Waals surface area contributed by atoms with Gasteiger partial charge < -0.3 is 9.84 Å². The van der Waals surface area contributed by atoms with Crippen molar-refractivity contribution < 1.29 is 27.8 Å². The Hall–Kier alpha value is -2.24. The van der Waals surface area contributed by atoms with Crippen LogP contribution >= 0.6 is 0 Å². The van der Waals surface area contributed by atoms with Crippen LogP contribution in [0.2, 0.25) is 0 Å². The zero-order valence-corrected chi connectivity index (χ0v) is 10.3. The first-order chi connectivity index (χ1) is 9.38. The molecular formula is C14H11F3O3. The summed E-state index contributed by atoms with van der Waals surface area (Å²) in [6.07, 6.45) is -5.46. The second-order valence-electron chi connectivity index (χ2n) is 4.18. The van der Waals surface area contributed by atoms with Gasteiger partial charge in [0.15, 0.2) is 0 Å². The van der Waals surface area contributed by atoms with E-state index in [0.29, 0.717) is 10.8 Å². The fourth-order valence-electron chi connectivity index (χ4n) is 1.87. The lowest BCUT2D eigenvalue weighted by molar-refractivity contribution is -0.139. The Bertz CT molecular complexity index is 635. The van der Waals surface area contributed by atoms with E-state index in [-0.39, 0.29) is 11.3 Å². The molecule has 0 saturated carbocycles. The molecule has 2 rings (SSSR count). The Morgan fingerprint density at radius 2 is 1.85 bits per heavy atom. The molecule has 0 saturated heterocycles. The Kier molecular flexibility index (Phi) is 3.83. The van der Waals surface area contributed by atoms with Gasteiger partial charge in [-0.2, -0.15) is 13.2 Å². The molecular weight excluding hydrogens is 273 g/mol. The number of hydrogen-bond donors (Lipinski definition) is 1. The van der Waals surface area contributed by atoms with Crippen molar-refractivity contribution in [2.45, 2.75) is 12.6 Å². The Morgan fingerprint density at radius 1 is 1.15 bits per heavy atom. The molecule has 0 aliphatic heterocycles. The Labute approximate surface area is 112 Å². The van der Waals surface area contributed by atoms with Crippen molar-refractivity contribution in [3.63, 3.8) is 0 Å². The average Bonchev–Trinajstić information content (AvgIpc) is 2.36. The molecule has 1 N–H and O–H groups in total. The normalized spacial score (nSPS) is 11.6. The van der Waals surface area contributed by atoms with Gasteiger partial charge in [-0.15, -0.1) is 0 Å². The molecule has 0 spiro atoms.